The van der Waals surface area contributed by atoms with Gasteiger partial charge in [0.05, 0.1) is 13.2 Å². The Morgan fingerprint density at radius 2 is 1.90 bits per heavy atom. The molecule has 0 saturated carbocycles. The van der Waals surface area contributed by atoms with Gasteiger partial charge < -0.3 is 24.6 Å². The van der Waals surface area contributed by atoms with Crippen molar-refractivity contribution < 1.29 is 28.9 Å². The Balaban J connectivity index is 1.59. The molecule has 1 aliphatic rings. The molecule has 2 N–H and O–H groups in total. The lowest BCUT2D eigenvalue weighted by molar-refractivity contribution is -0.142. The van der Waals surface area contributed by atoms with Crippen LogP contribution >= 0.6 is 0 Å². The fraction of sp³-hybridized carbons (Fsp3) is 0.364. The molecule has 1 saturated heterocycles. The van der Waals surface area contributed by atoms with Crippen molar-refractivity contribution >= 4 is 11.9 Å². The highest BCUT2D eigenvalue weighted by Crippen LogP contribution is 2.17. The highest BCUT2D eigenvalue weighted by molar-refractivity contribution is 5.96. The van der Waals surface area contributed by atoms with Crippen LogP contribution in [0.1, 0.15) is 28.8 Å². The van der Waals surface area contributed by atoms with Crippen LogP contribution in [0, 0.1) is 0 Å². The number of hydrogen-bond donors (Lipinski definition) is 2. The third-order valence-corrected chi connectivity index (χ3v) is 4.74. The summed E-state index contributed by atoms with van der Waals surface area (Å²) in [5, 5.41) is 12.1. The van der Waals surface area contributed by atoms with E-state index >= 15 is 0 Å². The summed E-state index contributed by atoms with van der Waals surface area (Å²) in [6, 6.07) is 12.3. The lowest BCUT2D eigenvalue weighted by atomic mass is 10.1. The molecule has 2 aromatic carbocycles. The monoisotopic (exact) mass is 399 g/mol. The second kappa shape index (κ2) is 9.93. The maximum Gasteiger partial charge on any atom is 0.328 e. The summed E-state index contributed by atoms with van der Waals surface area (Å²) >= 11 is 0. The molecule has 29 heavy (non-hydrogen) atoms. The summed E-state index contributed by atoms with van der Waals surface area (Å²) < 4.78 is 16.0. The maximum absolute atomic E-state index is 12.6. The van der Waals surface area contributed by atoms with E-state index < -0.39 is 12.0 Å². The Morgan fingerprint density at radius 1 is 1.17 bits per heavy atom. The lowest BCUT2D eigenvalue weighted by Gasteiger charge is -2.17. The minimum atomic E-state index is -0.840. The Bertz CT molecular complexity index is 812. The fourth-order valence-electron chi connectivity index (χ4n) is 3.11. The lowest BCUT2D eigenvalue weighted by Crippen LogP contribution is -2.43. The van der Waals surface area contributed by atoms with E-state index in [9.17, 15) is 14.7 Å². The highest BCUT2D eigenvalue weighted by atomic mass is 16.5. The van der Waals surface area contributed by atoms with E-state index in [1.54, 1.807) is 36.4 Å². The molecule has 2 unspecified atom stereocenters. The smallest absolute Gasteiger partial charge is 0.328 e. The van der Waals surface area contributed by atoms with Gasteiger partial charge in [-0.25, -0.2) is 4.79 Å². The molecule has 1 heterocycles. The van der Waals surface area contributed by atoms with Gasteiger partial charge in [0.15, 0.2) is 0 Å². The predicted molar refractivity (Wildman–Crippen MR) is 106 cm³/mol. The first kappa shape index (κ1) is 20.7. The molecule has 0 bridgehead atoms. The number of carbonyl (C=O) groups excluding carboxylic acids is 2. The molecule has 2 aromatic rings. The first-order chi connectivity index (χ1) is 14.0. The molecular formula is C22H25NO6. The van der Waals surface area contributed by atoms with Crippen molar-refractivity contribution in [2.45, 2.75) is 31.4 Å². The average Bonchev–Trinajstić information content (AvgIpc) is 3.26. The summed E-state index contributed by atoms with van der Waals surface area (Å²) in [5.41, 5.74) is 1.20. The molecule has 1 amide bonds. The van der Waals surface area contributed by atoms with Crippen molar-refractivity contribution in [3.63, 3.8) is 0 Å². The van der Waals surface area contributed by atoms with Crippen molar-refractivity contribution in [1.82, 2.24) is 5.32 Å². The second-order valence-electron chi connectivity index (χ2n) is 6.89. The molecule has 1 fully saturated rings. The molecule has 0 spiro atoms. The number of methoxy groups -OCH3 is 1. The van der Waals surface area contributed by atoms with Crippen LogP contribution in [0.5, 0.6) is 11.5 Å². The third kappa shape index (κ3) is 5.96. The van der Waals surface area contributed by atoms with Gasteiger partial charge in [0.25, 0.3) is 5.91 Å². The number of hydrogen-bond acceptors (Lipinski definition) is 6. The summed E-state index contributed by atoms with van der Waals surface area (Å²) in [7, 11) is 1.28. The predicted octanol–water partition coefficient (Wildman–Crippen LogP) is 2.46. The molecule has 3 rings (SSSR count). The topological polar surface area (TPSA) is 94.1 Å². The minimum Gasteiger partial charge on any atom is -0.508 e. The quantitative estimate of drug-likeness (QED) is 0.663. The van der Waals surface area contributed by atoms with Gasteiger partial charge >= 0.3 is 5.97 Å². The Hall–Kier alpha value is -3.06. The number of benzene rings is 2. The van der Waals surface area contributed by atoms with Gasteiger partial charge in [-0.05, 0) is 54.8 Å². The van der Waals surface area contributed by atoms with Gasteiger partial charge in [0.1, 0.15) is 24.1 Å². The van der Waals surface area contributed by atoms with E-state index in [1.165, 1.54) is 19.2 Å². The van der Waals surface area contributed by atoms with Crippen molar-refractivity contribution in [1.29, 1.82) is 0 Å². The summed E-state index contributed by atoms with van der Waals surface area (Å²) in [5.74, 6) is -0.132. The van der Waals surface area contributed by atoms with Crippen molar-refractivity contribution in [2.75, 3.05) is 20.3 Å². The number of esters is 1. The molecule has 1 aliphatic heterocycles. The Morgan fingerprint density at radius 3 is 2.52 bits per heavy atom. The summed E-state index contributed by atoms with van der Waals surface area (Å²) in [6.07, 6.45) is 2.43. The van der Waals surface area contributed by atoms with Crippen LogP contribution in [0.15, 0.2) is 48.5 Å². The van der Waals surface area contributed by atoms with Gasteiger partial charge in [-0.3, -0.25) is 4.79 Å². The van der Waals surface area contributed by atoms with E-state index in [1.807, 2.05) is 0 Å². The van der Waals surface area contributed by atoms with Gasteiger partial charge in [-0.1, -0.05) is 12.1 Å². The van der Waals surface area contributed by atoms with Gasteiger partial charge in [0.2, 0.25) is 0 Å². The zero-order valence-corrected chi connectivity index (χ0v) is 16.3. The highest BCUT2D eigenvalue weighted by Gasteiger charge is 2.23. The van der Waals surface area contributed by atoms with Gasteiger partial charge in [-0.15, -0.1) is 0 Å². The third-order valence-electron chi connectivity index (χ3n) is 4.74. The number of phenols is 1. The molecule has 0 aliphatic carbocycles. The maximum atomic E-state index is 12.6. The molecule has 7 heteroatoms. The van der Waals surface area contributed by atoms with Crippen LogP contribution in [-0.2, 0) is 20.7 Å². The number of carbonyl (C=O) groups is 2. The van der Waals surface area contributed by atoms with Crippen molar-refractivity contribution in [3.05, 3.63) is 59.7 Å². The molecule has 2 atom stereocenters. The van der Waals surface area contributed by atoms with E-state index in [0.717, 1.165) is 25.0 Å². The van der Waals surface area contributed by atoms with E-state index in [-0.39, 0.29) is 24.2 Å². The number of aromatic hydroxyl groups is 1. The van der Waals surface area contributed by atoms with Crippen LogP contribution in [0.4, 0.5) is 0 Å². The number of rotatable bonds is 8. The zero-order valence-electron chi connectivity index (χ0n) is 16.3. The molecule has 0 radical (unpaired) electrons. The molecular weight excluding hydrogens is 374 g/mol. The van der Waals surface area contributed by atoms with Crippen molar-refractivity contribution in [2.24, 2.45) is 0 Å². The van der Waals surface area contributed by atoms with Gasteiger partial charge in [0, 0.05) is 18.6 Å². The fourth-order valence-corrected chi connectivity index (χ4v) is 3.11. The number of amides is 1. The normalized spacial score (nSPS) is 16.8. The largest absolute Gasteiger partial charge is 0.508 e. The SMILES string of the molecule is COC(=O)C(Cc1ccc(O)cc1)NC(=O)c1ccc(OCC2CCCO2)cc1. The van der Waals surface area contributed by atoms with Crippen LogP contribution in [0.2, 0.25) is 0 Å². The molecule has 154 valence electrons. The molecule has 0 aromatic heterocycles. The zero-order chi connectivity index (χ0) is 20.6. The van der Waals surface area contributed by atoms with Crippen LogP contribution in [0.3, 0.4) is 0 Å². The summed E-state index contributed by atoms with van der Waals surface area (Å²) in [4.78, 5) is 24.7. The van der Waals surface area contributed by atoms with Crippen LogP contribution in [-0.4, -0.2) is 49.5 Å². The first-order valence-electron chi connectivity index (χ1n) is 9.56. The van der Waals surface area contributed by atoms with E-state index in [4.69, 9.17) is 14.2 Å². The number of nitrogens with one attached hydrogen (secondary N) is 1. The summed E-state index contributed by atoms with van der Waals surface area (Å²) in [6.45, 7) is 1.27. The van der Waals surface area contributed by atoms with Crippen molar-refractivity contribution in [3.8, 4) is 11.5 Å². The average molecular weight is 399 g/mol. The van der Waals surface area contributed by atoms with Crippen LogP contribution < -0.4 is 10.1 Å². The number of phenolic OH excluding ortho intramolecular Hbond substituents is 1. The molecule has 7 nitrogen and oxygen atoms in total. The number of ether oxygens (including phenoxy) is 3. The standard InChI is InChI=1S/C22H25NO6/c1-27-22(26)20(13-15-4-8-17(24)9-5-15)23-21(25)16-6-10-18(11-7-16)29-14-19-3-2-12-28-19/h4-11,19-20,24H,2-3,12-14H2,1H3,(H,23,25). The second-order valence-corrected chi connectivity index (χ2v) is 6.89. The Labute approximate surface area is 169 Å². The van der Waals surface area contributed by atoms with E-state index in [0.29, 0.717) is 17.9 Å². The van der Waals surface area contributed by atoms with Crippen LogP contribution in [0.25, 0.3) is 0 Å². The minimum absolute atomic E-state index is 0.124. The Kier molecular flexibility index (Phi) is 7.08. The van der Waals surface area contributed by atoms with E-state index in [2.05, 4.69) is 5.32 Å². The van der Waals surface area contributed by atoms with Gasteiger partial charge in [-0.2, -0.15) is 0 Å². The first-order valence-corrected chi connectivity index (χ1v) is 9.56.